The van der Waals surface area contributed by atoms with Gasteiger partial charge in [0.15, 0.2) is 0 Å². The zero-order valence-corrected chi connectivity index (χ0v) is 10.1. The van der Waals surface area contributed by atoms with Crippen LogP contribution in [0.5, 0.6) is 0 Å². The van der Waals surface area contributed by atoms with E-state index in [2.05, 4.69) is 18.8 Å². The fourth-order valence-corrected chi connectivity index (χ4v) is 3.59. The highest BCUT2D eigenvalue weighted by Crippen LogP contribution is 2.43. The Hall–Kier alpha value is -0.300. The highest BCUT2D eigenvalue weighted by atomic mass is 14.9. The molecule has 1 heteroatoms. The lowest BCUT2D eigenvalue weighted by Gasteiger charge is -2.40. The van der Waals surface area contributed by atoms with Gasteiger partial charge in [0.05, 0.1) is 0 Å². The van der Waals surface area contributed by atoms with Crippen LogP contribution in [0.15, 0.2) is 12.2 Å². The smallest absolute Gasteiger partial charge is 0.00203 e. The molecule has 0 spiro atoms. The molecule has 0 aromatic heterocycles. The maximum Gasteiger partial charge on any atom is -0.00203 e. The molecule has 0 radical (unpaired) electrons. The van der Waals surface area contributed by atoms with E-state index in [4.69, 9.17) is 0 Å². The predicted molar refractivity (Wildman–Crippen MR) is 65.9 cm³/mol. The molecule has 0 aromatic carbocycles. The largest absolute Gasteiger partial charge is 0.316 e. The van der Waals surface area contributed by atoms with Crippen molar-refractivity contribution < 1.29 is 0 Å². The van der Waals surface area contributed by atoms with E-state index < -0.39 is 0 Å². The normalized spacial score (nSPS) is 35.5. The Balaban J connectivity index is 1.78. The van der Waals surface area contributed by atoms with Crippen LogP contribution in [-0.2, 0) is 0 Å². The van der Waals surface area contributed by atoms with Gasteiger partial charge < -0.3 is 5.32 Å². The van der Waals surface area contributed by atoms with E-state index in [9.17, 15) is 0 Å². The zero-order valence-electron chi connectivity index (χ0n) is 10.1. The van der Waals surface area contributed by atoms with E-state index in [1.54, 1.807) is 0 Å². The molecule has 1 nitrogen and oxygen atoms in total. The minimum atomic E-state index is 0.952. The molecule has 2 fully saturated rings. The third kappa shape index (κ3) is 3.07. The molecule has 0 saturated heterocycles. The van der Waals surface area contributed by atoms with Gasteiger partial charge >= 0.3 is 0 Å². The summed E-state index contributed by atoms with van der Waals surface area (Å²) < 4.78 is 0. The molecule has 86 valence electrons. The fourth-order valence-electron chi connectivity index (χ4n) is 3.59. The average Bonchev–Trinajstić information content (AvgIpc) is 2.16. The zero-order chi connectivity index (χ0) is 10.7. The van der Waals surface area contributed by atoms with Crippen molar-refractivity contribution >= 4 is 0 Å². The molecule has 2 bridgehead atoms. The standard InChI is InChI=1S/C14H25N/c1-3-4-15-10-14-8-12-5-11(2)6-13(7-12)9-14/h12-15H,2-10H2,1H3. The van der Waals surface area contributed by atoms with E-state index in [1.807, 2.05) is 0 Å². The summed E-state index contributed by atoms with van der Waals surface area (Å²) in [7, 11) is 0. The number of hydrogen-bond donors (Lipinski definition) is 1. The second-order valence-corrected chi connectivity index (χ2v) is 5.67. The Labute approximate surface area is 94.3 Å². The first kappa shape index (κ1) is 11.2. The predicted octanol–water partition coefficient (Wildman–Crippen LogP) is 3.37. The summed E-state index contributed by atoms with van der Waals surface area (Å²) in [4.78, 5) is 0. The van der Waals surface area contributed by atoms with Crippen molar-refractivity contribution in [1.82, 2.24) is 5.32 Å². The van der Waals surface area contributed by atoms with Gasteiger partial charge in [-0.2, -0.15) is 0 Å². The highest BCUT2D eigenvalue weighted by Gasteiger charge is 2.32. The summed E-state index contributed by atoms with van der Waals surface area (Å²) in [5, 5.41) is 3.58. The van der Waals surface area contributed by atoms with Gasteiger partial charge in [-0.15, -0.1) is 0 Å². The van der Waals surface area contributed by atoms with Crippen LogP contribution in [0.25, 0.3) is 0 Å². The number of allylic oxidation sites excluding steroid dienone is 1. The molecule has 0 heterocycles. The Morgan fingerprint density at radius 3 is 2.47 bits per heavy atom. The molecule has 0 aliphatic heterocycles. The van der Waals surface area contributed by atoms with E-state index in [0.29, 0.717) is 0 Å². The highest BCUT2D eigenvalue weighted by molar-refractivity contribution is 5.04. The second-order valence-electron chi connectivity index (χ2n) is 5.67. The molecule has 2 aliphatic rings. The molecule has 2 saturated carbocycles. The van der Waals surface area contributed by atoms with Crippen molar-refractivity contribution in [3.05, 3.63) is 12.2 Å². The molecule has 2 aliphatic carbocycles. The van der Waals surface area contributed by atoms with Gasteiger partial charge in [-0.05, 0) is 69.4 Å². The van der Waals surface area contributed by atoms with Crippen molar-refractivity contribution in [3.8, 4) is 0 Å². The first-order valence-electron chi connectivity index (χ1n) is 6.65. The van der Waals surface area contributed by atoms with E-state index in [1.165, 1.54) is 57.2 Å². The summed E-state index contributed by atoms with van der Waals surface area (Å²) in [6.45, 7) is 8.87. The Morgan fingerprint density at radius 2 is 1.87 bits per heavy atom. The molecular formula is C14H25N. The van der Waals surface area contributed by atoms with Crippen LogP contribution in [0.4, 0.5) is 0 Å². The first-order chi connectivity index (χ1) is 7.28. The Morgan fingerprint density at radius 1 is 1.20 bits per heavy atom. The summed E-state index contributed by atoms with van der Waals surface area (Å²) >= 11 is 0. The van der Waals surface area contributed by atoms with Crippen molar-refractivity contribution in [2.24, 2.45) is 17.8 Å². The molecule has 2 unspecified atom stereocenters. The molecule has 2 rings (SSSR count). The molecule has 2 atom stereocenters. The van der Waals surface area contributed by atoms with Crippen molar-refractivity contribution in [1.29, 1.82) is 0 Å². The maximum absolute atomic E-state index is 4.18. The minimum Gasteiger partial charge on any atom is -0.316 e. The summed E-state index contributed by atoms with van der Waals surface area (Å²) in [5.74, 6) is 2.89. The third-order valence-electron chi connectivity index (χ3n) is 4.01. The number of rotatable bonds is 4. The molecular weight excluding hydrogens is 182 g/mol. The van der Waals surface area contributed by atoms with Crippen LogP contribution in [-0.4, -0.2) is 13.1 Å². The van der Waals surface area contributed by atoms with Crippen LogP contribution in [0.3, 0.4) is 0 Å². The van der Waals surface area contributed by atoms with Crippen LogP contribution < -0.4 is 5.32 Å². The number of hydrogen-bond acceptors (Lipinski definition) is 1. The monoisotopic (exact) mass is 207 g/mol. The van der Waals surface area contributed by atoms with Gasteiger partial charge in [0, 0.05) is 0 Å². The van der Waals surface area contributed by atoms with Crippen molar-refractivity contribution in [2.75, 3.05) is 13.1 Å². The van der Waals surface area contributed by atoms with Gasteiger partial charge in [-0.1, -0.05) is 19.1 Å². The summed E-state index contributed by atoms with van der Waals surface area (Å²) in [6.07, 6.45) is 8.29. The van der Waals surface area contributed by atoms with Crippen molar-refractivity contribution in [3.63, 3.8) is 0 Å². The first-order valence-corrected chi connectivity index (χ1v) is 6.65. The van der Waals surface area contributed by atoms with Gasteiger partial charge in [0.2, 0.25) is 0 Å². The summed E-state index contributed by atoms with van der Waals surface area (Å²) in [5.41, 5.74) is 1.52. The Bertz CT molecular complexity index is 205. The average molecular weight is 207 g/mol. The molecule has 1 N–H and O–H groups in total. The minimum absolute atomic E-state index is 0.952. The van der Waals surface area contributed by atoms with E-state index in [0.717, 1.165) is 17.8 Å². The van der Waals surface area contributed by atoms with Crippen LogP contribution >= 0.6 is 0 Å². The van der Waals surface area contributed by atoms with Crippen molar-refractivity contribution in [2.45, 2.75) is 45.4 Å². The van der Waals surface area contributed by atoms with Gasteiger partial charge in [-0.25, -0.2) is 0 Å². The fraction of sp³-hybridized carbons (Fsp3) is 0.857. The van der Waals surface area contributed by atoms with Gasteiger partial charge in [0.1, 0.15) is 0 Å². The molecule has 0 amide bonds. The van der Waals surface area contributed by atoms with Gasteiger partial charge in [-0.3, -0.25) is 0 Å². The van der Waals surface area contributed by atoms with E-state index >= 15 is 0 Å². The van der Waals surface area contributed by atoms with E-state index in [-0.39, 0.29) is 0 Å². The molecule has 15 heavy (non-hydrogen) atoms. The second kappa shape index (κ2) is 5.16. The van der Waals surface area contributed by atoms with Crippen LogP contribution in [0, 0.1) is 17.8 Å². The SMILES string of the molecule is C=C1CC2CC(CNCCC)CC(C1)C2. The summed E-state index contributed by atoms with van der Waals surface area (Å²) in [6, 6.07) is 0. The lowest BCUT2D eigenvalue weighted by molar-refractivity contribution is 0.164. The lowest BCUT2D eigenvalue weighted by Crippen LogP contribution is -2.33. The van der Waals surface area contributed by atoms with Crippen LogP contribution in [0.2, 0.25) is 0 Å². The number of nitrogens with one attached hydrogen (secondary N) is 1. The number of fused-ring (bicyclic) bond motifs is 2. The van der Waals surface area contributed by atoms with Crippen LogP contribution in [0.1, 0.15) is 45.4 Å². The lowest BCUT2D eigenvalue weighted by atomic mass is 9.67. The third-order valence-corrected chi connectivity index (χ3v) is 4.01. The topological polar surface area (TPSA) is 12.0 Å². The Kier molecular flexibility index (Phi) is 3.85. The molecule has 0 aromatic rings. The van der Waals surface area contributed by atoms with Gasteiger partial charge in [0.25, 0.3) is 0 Å². The quantitative estimate of drug-likeness (QED) is 0.550. The maximum atomic E-state index is 4.18.